The molecule has 0 aliphatic heterocycles. The second-order valence-electron chi connectivity index (χ2n) is 4.36. The Balaban J connectivity index is 2.04. The van der Waals surface area contributed by atoms with Gasteiger partial charge in [-0.05, 0) is 35.9 Å². The second-order valence-corrected chi connectivity index (χ2v) is 6.37. The Morgan fingerprint density at radius 1 is 1.20 bits per heavy atom. The lowest BCUT2D eigenvalue weighted by atomic mass is 10.2. The summed E-state index contributed by atoms with van der Waals surface area (Å²) in [7, 11) is -1.58. The van der Waals surface area contributed by atoms with Crippen LogP contribution >= 0.6 is 0 Å². The van der Waals surface area contributed by atoms with Crippen molar-refractivity contribution in [1.82, 2.24) is 4.98 Å². The third-order valence-corrected chi connectivity index (χ3v) is 3.92. The first-order chi connectivity index (χ1) is 9.49. The minimum absolute atomic E-state index is 0.314. The Morgan fingerprint density at radius 2 is 1.90 bits per heavy atom. The van der Waals surface area contributed by atoms with Crippen molar-refractivity contribution in [3.63, 3.8) is 0 Å². The lowest BCUT2D eigenvalue weighted by Gasteiger charge is -2.08. The van der Waals surface area contributed by atoms with Crippen molar-refractivity contribution in [2.24, 2.45) is 0 Å². The van der Waals surface area contributed by atoms with E-state index in [0.717, 1.165) is 11.3 Å². The Morgan fingerprint density at radius 3 is 2.50 bits per heavy atom. The lowest BCUT2D eigenvalue weighted by Crippen LogP contribution is -2.01. The molecule has 1 aromatic heterocycles. The largest absolute Gasteiger partial charge is 0.481 e. The molecule has 0 amide bonds. The Bertz CT molecular complexity index is 682. The SMILES string of the molecule is COc1cc(CNc2ccc(S(C)(=O)=O)cc2)ccn1. The fraction of sp³-hybridized carbons (Fsp3) is 0.214. The van der Waals surface area contributed by atoms with E-state index in [4.69, 9.17) is 4.74 Å². The van der Waals surface area contributed by atoms with Crippen LogP contribution in [-0.4, -0.2) is 26.8 Å². The number of anilines is 1. The monoisotopic (exact) mass is 292 g/mol. The smallest absolute Gasteiger partial charge is 0.213 e. The van der Waals surface area contributed by atoms with Crippen LogP contribution in [0.2, 0.25) is 0 Å². The summed E-state index contributed by atoms with van der Waals surface area (Å²) in [5, 5.41) is 3.21. The van der Waals surface area contributed by atoms with Crippen molar-refractivity contribution >= 4 is 15.5 Å². The zero-order chi connectivity index (χ0) is 14.6. The molecule has 0 aliphatic rings. The van der Waals surface area contributed by atoms with E-state index in [9.17, 15) is 8.42 Å². The van der Waals surface area contributed by atoms with Gasteiger partial charge in [0, 0.05) is 30.8 Å². The zero-order valence-electron chi connectivity index (χ0n) is 11.3. The molecule has 0 bridgehead atoms. The maximum atomic E-state index is 11.4. The number of rotatable bonds is 5. The van der Waals surface area contributed by atoms with Gasteiger partial charge in [0.25, 0.3) is 0 Å². The van der Waals surface area contributed by atoms with Crippen molar-refractivity contribution in [1.29, 1.82) is 0 Å². The summed E-state index contributed by atoms with van der Waals surface area (Å²) in [4.78, 5) is 4.35. The van der Waals surface area contributed by atoms with Gasteiger partial charge >= 0.3 is 0 Å². The van der Waals surface area contributed by atoms with Gasteiger partial charge in [0.2, 0.25) is 5.88 Å². The van der Waals surface area contributed by atoms with Crippen LogP contribution in [0.15, 0.2) is 47.5 Å². The van der Waals surface area contributed by atoms with E-state index in [1.165, 1.54) is 6.26 Å². The summed E-state index contributed by atoms with van der Waals surface area (Å²) in [5.41, 5.74) is 1.89. The topological polar surface area (TPSA) is 68.3 Å². The number of hydrogen-bond acceptors (Lipinski definition) is 5. The molecule has 0 saturated carbocycles. The standard InChI is InChI=1S/C14H16N2O3S/c1-19-14-9-11(7-8-15-14)10-16-12-3-5-13(6-4-12)20(2,17)18/h3-9,16H,10H2,1-2H3. The highest BCUT2D eigenvalue weighted by Crippen LogP contribution is 2.15. The third-order valence-electron chi connectivity index (χ3n) is 2.79. The van der Waals surface area contributed by atoms with Crippen LogP contribution in [0.4, 0.5) is 5.69 Å². The average Bonchev–Trinajstić information content (AvgIpc) is 2.45. The summed E-state index contributed by atoms with van der Waals surface area (Å²) >= 11 is 0. The van der Waals surface area contributed by atoms with Crippen LogP contribution in [0.5, 0.6) is 5.88 Å². The van der Waals surface area contributed by atoms with Gasteiger partial charge in [0.15, 0.2) is 9.84 Å². The van der Waals surface area contributed by atoms with E-state index in [0.29, 0.717) is 17.3 Å². The van der Waals surface area contributed by atoms with E-state index >= 15 is 0 Å². The molecule has 0 fully saturated rings. The molecule has 0 saturated heterocycles. The molecule has 0 atom stereocenters. The summed E-state index contributed by atoms with van der Waals surface area (Å²) in [6, 6.07) is 10.4. The molecule has 1 N–H and O–H groups in total. The fourth-order valence-corrected chi connectivity index (χ4v) is 2.33. The van der Waals surface area contributed by atoms with Crippen LogP contribution in [0.3, 0.4) is 0 Å². The molecule has 2 aromatic rings. The number of benzene rings is 1. The summed E-state index contributed by atoms with van der Waals surface area (Å²) in [6.07, 6.45) is 2.88. The van der Waals surface area contributed by atoms with Crippen molar-refractivity contribution in [3.05, 3.63) is 48.2 Å². The lowest BCUT2D eigenvalue weighted by molar-refractivity contribution is 0.397. The molecular formula is C14H16N2O3S. The molecule has 6 heteroatoms. The number of nitrogens with zero attached hydrogens (tertiary/aromatic N) is 1. The van der Waals surface area contributed by atoms with Gasteiger partial charge in [-0.2, -0.15) is 0 Å². The van der Waals surface area contributed by atoms with E-state index in [-0.39, 0.29) is 0 Å². The van der Waals surface area contributed by atoms with Crippen LogP contribution in [0, 0.1) is 0 Å². The molecule has 5 nitrogen and oxygen atoms in total. The fourth-order valence-electron chi connectivity index (χ4n) is 1.70. The van der Waals surface area contributed by atoms with Gasteiger partial charge in [-0.25, -0.2) is 13.4 Å². The quantitative estimate of drug-likeness (QED) is 0.914. The number of nitrogens with one attached hydrogen (secondary N) is 1. The summed E-state index contributed by atoms with van der Waals surface area (Å²) in [5.74, 6) is 0.566. The maximum absolute atomic E-state index is 11.4. The van der Waals surface area contributed by atoms with E-state index in [1.54, 1.807) is 37.6 Å². The molecule has 1 heterocycles. The number of methoxy groups -OCH3 is 1. The van der Waals surface area contributed by atoms with E-state index in [2.05, 4.69) is 10.3 Å². The predicted molar refractivity (Wildman–Crippen MR) is 77.7 cm³/mol. The van der Waals surface area contributed by atoms with Crippen LogP contribution in [0.1, 0.15) is 5.56 Å². The first-order valence-corrected chi connectivity index (χ1v) is 7.91. The molecule has 0 unspecified atom stereocenters. The van der Waals surface area contributed by atoms with Gasteiger partial charge in [0.1, 0.15) is 0 Å². The summed E-state index contributed by atoms with van der Waals surface area (Å²) in [6.45, 7) is 0.608. The average molecular weight is 292 g/mol. The van der Waals surface area contributed by atoms with E-state index in [1.807, 2.05) is 12.1 Å². The number of hydrogen-bond donors (Lipinski definition) is 1. The molecule has 0 radical (unpaired) electrons. The van der Waals surface area contributed by atoms with Crippen LogP contribution in [-0.2, 0) is 16.4 Å². The zero-order valence-corrected chi connectivity index (χ0v) is 12.1. The third kappa shape index (κ3) is 3.71. The molecular weight excluding hydrogens is 276 g/mol. The normalized spacial score (nSPS) is 11.1. The van der Waals surface area contributed by atoms with Crippen LogP contribution < -0.4 is 10.1 Å². The molecule has 0 spiro atoms. The van der Waals surface area contributed by atoms with Crippen LogP contribution in [0.25, 0.3) is 0 Å². The minimum Gasteiger partial charge on any atom is -0.481 e. The second kappa shape index (κ2) is 5.92. The van der Waals surface area contributed by atoms with Crippen molar-refractivity contribution < 1.29 is 13.2 Å². The highest BCUT2D eigenvalue weighted by Gasteiger charge is 2.05. The number of ether oxygens (including phenoxy) is 1. The molecule has 1 aromatic carbocycles. The Labute approximate surface area is 118 Å². The van der Waals surface area contributed by atoms with Crippen molar-refractivity contribution in [2.45, 2.75) is 11.4 Å². The highest BCUT2D eigenvalue weighted by atomic mass is 32.2. The van der Waals surface area contributed by atoms with Gasteiger partial charge in [-0.3, -0.25) is 0 Å². The maximum Gasteiger partial charge on any atom is 0.213 e. The minimum atomic E-state index is -3.15. The van der Waals surface area contributed by atoms with Gasteiger partial charge < -0.3 is 10.1 Å². The molecule has 20 heavy (non-hydrogen) atoms. The first kappa shape index (κ1) is 14.3. The molecule has 106 valence electrons. The predicted octanol–water partition coefficient (Wildman–Crippen LogP) is 2.11. The van der Waals surface area contributed by atoms with Gasteiger partial charge in [-0.15, -0.1) is 0 Å². The Kier molecular flexibility index (Phi) is 4.24. The van der Waals surface area contributed by atoms with Crippen molar-refractivity contribution in [2.75, 3.05) is 18.7 Å². The molecule has 2 rings (SSSR count). The highest BCUT2D eigenvalue weighted by molar-refractivity contribution is 7.90. The molecule has 0 aliphatic carbocycles. The van der Waals surface area contributed by atoms with Crippen molar-refractivity contribution in [3.8, 4) is 5.88 Å². The number of aromatic nitrogens is 1. The Hall–Kier alpha value is -2.08. The van der Waals surface area contributed by atoms with Gasteiger partial charge in [0.05, 0.1) is 12.0 Å². The van der Waals surface area contributed by atoms with E-state index < -0.39 is 9.84 Å². The summed E-state index contributed by atoms with van der Waals surface area (Å²) < 4.78 is 27.8. The number of pyridine rings is 1. The number of sulfone groups is 1. The van der Waals surface area contributed by atoms with Gasteiger partial charge in [-0.1, -0.05) is 0 Å². The first-order valence-electron chi connectivity index (χ1n) is 6.02.